The Morgan fingerprint density at radius 3 is 2.21 bits per heavy atom. The molecule has 0 N–H and O–H groups in total. The first-order valence-electron chi connectivity index (χ1n) is 4.57. The molecule has 0 nitrogen and oxygen atoms in total. The number of alkyl halides is 3. The van der Waals surface area contributed by atoms with Crippen molar-refractivity contribution in [1.29, 1.82) is 0 Å². The van der Waals surface area contributed by atoms with E-state index in [-0.39, 0.29) is 5.56 Å². The van der Waals surface area contributed by atoms with Crippen LogP contribution in [0.5, 0.6) is 0 Å². The van der Waals surface area contributed by atoms with Crippen LogP contribution in [0.1, 0.15) is 24.5 Å². The molecule has 0 saturated carbocycles. The lowest BCUT2D eigenvalue weighted by Gasteiger charge is -2.10. The summed E-state index contributed by atoms with van der Waals surface area (Å²) >= 11 is 3.33. The Labute approximate surface area is 91.5 Å². The highest BCUT2D eigenvalue weighted by atomic mass is 79.9. The van der Waals surface area contributed by atoms with Crippen LogP contribution in [-0.4, -0.2) is 5.33 Å². The van der Waals surface area contributed by atoms with Crippen LogP contribution in [0.3, 0.4) is 0 Å². The van der Waals surface area contributed by atoms with E-state index < -0.39 is 5.92 Å². The molecule has 14 heavy (non-hydrogen) atoms. The third-order valence-electron chi connectivity index (χ3n) is 2.06. The van der Waals surface area contributed by atoms with Gasteiger partial charge in [-0.1, -0.05) is 40.2 Å². The molecule has 0 atom stereocenters. The molecule has 78 valence electrons. The minimum Gasteiger partial charge on any atom is -0.202 e. The Morgan fingerprint density at radius 2 is 1.79 bits per heavy atom. The first-order valence-corrected chi connectivity index (χ1v) is 5.69. The van der Waals surface area contributed by atoms with E-state index in [9.17, 15) is 8.78 Å². The summed E-state index contributed by atoms with van der Waals surface area (Å²) in [5.41, 5.74) is 1.19. The molecule has 0 fully saturated rings. The molecule has 1 rings (SSSR count). The van der Waals surface area contributed by atoms with E-state index in [2.05, 4.69) is 15.9 Å². The molecule has 3 heteroatoms. The molecule has 0 aromatic heterocycles. The molecule has 0 heterocycles. The predicted octanol–water partition coefficient (Wildman–Crippen LogP) is 4.13. The van der Waals surface area contributed by atoms with Crippen molar-refractivity contribution in [2.75, 3.05) is 5.33 Å². The van der Waals surface area contributed by atoms with Crippen LogP contribution in [0, 0.1) is 0 Å². The lowest BCUT2D eigenvalue weighted by Crippen LogP contribution is -2.06. The summed E-state index contributed by atoms with van der Waals surface area (Å²) in [4.78, 5) is 0. The van der Waals surface area contributed by atoms with Crippen molar-refractivity contribution in [3.63, 3.8) is 0 Å². The Hall–Kier alpha value is -0.440. The van der Waals surface area contributed by atoms with E-state index in [0.717, 1.165) is 30.7 Å². The standard InChI is InChI=1S/C11H13BrF2/c1-11(13,14)10-6-4-9(5-7-10)3-2-8-12/h4-7H,2-3,8H2,1H3. The first-order chi connectivity index (χ1) is 6.54. The molecule has 0 radical (unpaired) electrons. The fourth-order valence-electron chi connectivity index (χ4n) is 1.24. The van der Waals surface area contributed by atoms with Gasteiger partial charge in [0.2, 0.25) is 0 Å². The second-order valence-electron chi connectivity index (χ2n) is 3.38. The van der Waals surface area contributed by atoms with Crippen molar-refractivity contribution >= 4 is 15.9 Å². The monoisotopic (exact) mass is 262 g/mol. The van der Waals surface area contributed by atoms with Gasteiger partial charge in [0.15, 0.2) is 0 Å². The zero-order chi connectivity index (χ0) is 10.6. The summed E-state index contributed by atoms with van der Waals surface area (Å²) in [6, 6.07) is 6.55. The summed E-state index contributed by atoms with van der Waals surface area (Å²) in [5, 5.41) is 0.943. The minimum atomic E-state index is -2.73. The lowest BCUT2D eigenvalue weighted by atomic mass is 10.0. The molecule has 0 aliphatic carbocycles. The second-order valence-corrected chi connectivity index (χ2v) is 4.17. The van der Waals surface area contributed by atoms with E-state index >= 15 is 0 Å². The van der Waals surface area contributed by atoms with Crippen LogP contribution in [-0.2, 0) is 12.3 Å². The van der Waals surface area contributed by atoms with Crippen LogP contribution < -0.4 is 0 Å². The van der Waals surface area contributed by atoms with E-state index in [1.165, 1.54) is 12.1 Å². The fourth-order valence-corrected chi connectivity index (χ4v) is 1.52. The predicted molar refractivity (Wildman–Crippen MR) is 58.1 cm³/mol. The molecule has 0 saturated heterocycles. The average molecular weight is 263 g/mol. The second kappa shape index (κ2) is 4.87. The highest BCUT2D eigenvalue weighted by Gasteiger charge is 2.23. The Morgan fingerprint density at radius 1 is 1.21 bits per heavy atom. The van der Waals surface area contributed by atoms with Gasteiger partial charge in [-0.15, -0.1) is 0 Å². The van der Waals surface area contributed by atoms with Crippen LogP contribution in [0.2, 0.25) is 0 Å². The topological polar surface area (TPSA) is 0 Å². The summed E-state index contributed by atoms with van der Waals surface area (Å²) in [7, 11) is 0. The number of hydrogen-bond acceptors (Lipinski definition) is 0. The van der Waals surface area contributed by atoms with Crippen molar-refractivity contribution in [2.45, 2.75) is 25.7 Å². The van der Waals surface area contributed by atoms with Crippen LogP contribution in [0.15, 0.2) is 24.3 Å². The molecular formula is C11H13BrF2. The molecule has 1 aromatic rings. The molecule has 1 aromatic carbocycles. The molecule has 0 unspecified atom stereocenters. The number of rotatable bonds is 4. The fraction of sp³-hybridized carbons (Fsp3) is 0.455. The molecule has 0 aliphatic rings. The summed E-state index contributed by atoms with van der Waals surface area (Å²) in [6.45, 7) is 0.917. The van der Waals surface area contributed by atoms with Gasteiger partial charge in [-0.25, -0.2) is 8.78 Å². The van der Waals surface area contributed by atoms with Crippen molar-refractivity contribution in [3.05, 3.63) is 35.4 Å². The normalized spacial score (nSPS) is 11.7. The van der Waals surface area contributed by atoms with Gasteiger partial charge in [0, 0.05) is 17.8 Å². The van der Waals surface area contributed by atoms with Crippen LogP contribution in [0.25, 0.3) is 0 Å². The maximum absolute atomic E-state index is 12.8. The van der Waals surface area contributed by atoms with Gasteiger partial charge in [0.25, 0.3) is 5.92 Å². The number of halogens is 3. The summed E-state index contributed by atoms with van der Waals surface area (Å²) in [5.74, 6) is -2.73. The smallest absolute Gasteiger partial charge is 0.202 e. The lowest BCUT2D eigenvalue weighted by molar-refractivity contribution is 0.0174. The largest absolute Gasteiger partial charge is 0.270 e. The summed E-state index contributed by atoms with van der Waals surface area (Å²) in [6.07, 6.45) is 1.96. The van der Waals surface area contributed by atoms with Crippen molar-refractivity contribution < 1.29 is 8.78 Å². The van der Waals surface area contributed by atoms with Crippen molar-refractivity contribution in [2.24, 2.45) is 0 Å². The highest BCUT2D eigenvalue weighted by Crippen LogP contribution is 2.26. The van der Waals surface area contributed by atoms with E-state index in [1.54, 1.807) is 12.1 Å². The molecular weight excluding hydrogens is 250 g/mol. The average Bonchev–Trinajstić information content (AvgIpc) is 2.14. The minimum absolute atomic E-state index is 0.0834. The Balaban J connectivity index is 2.69. The quantitative estimate of drug-likeness (QED) is 0.716. The molecule has 0 spiro atoms. The SMILES string of the molecule is CC(F)(F)c1ccc(CCCBr)cc1. The first kappa shape index (κ1) is 11.6. The number of aryl methyl sites for hydroxylation is 1. The van der Waals surface area contributed by atoms with Gasteiger partial charge in [-0.05, 0) is 18.4 Å². The highest BCUT2D eigenvalue weighted by molar-refractivity contribution is 9.09. The third kappa shape index (κ3) is 3.37. The van der Waals surface area contributed by atoms with E-state index in [4.69, 9.17) is 0 Å². The number of hydrogen-bond donors (Lipinski definition) is 0. The van der Waals surface area contributed by atoms with Gasteiger partial charge >= 0.3 is 0 Å². The Bertz CT molecular complexity index is 274. The van der Waals surface area contributed by atoms with Gasteiger partial charge in [-0.3, -0.25) is 0 Å². The number of benzene rings is 1. The molecule has 0 amide bonds. The summed E-state index contributed by atoms with van der Waals surface area (Å²) < 4.78 is 25.7. The zero-order valence-electron chi connectivity index (χ0n) is 8.06. The maximum Gasteiger partial charge on any atom is 0.270 e. The van der Waals surface area contributed by atoms with Gasteiger partial charge in [-0.2, -0.15) is 0 Å². The molecule has 0 aliphatic heterocycles. The third-order valence-corrected chi connectivity index (χ3v) is 2.62. The Kier molecular flexibility index (Phi) is 4.05. The van der Waals surface area contributed by atoms with Gasteiger partial charge < -0.3 is 0 Å². The van der Waals surface area contributed by atoms with Crippen LogP contribution in [0.4, 0.5) is 8.78 Å². The maximum atomic E-state index is 12.8. The van der Waals surface area contributed by atoms with Crippen molar-refractivity contribution in [1.82, 2.24) is 0 Å². The van der Waals surface area contributed by atoms with Crippen LogP contribution >= 0.6 is 15.9 Å². The van der Waals surface area contributed by atoms with E-state index in [0.29, 0.717) is 0 Å². The molecule has 0 bridgehead atoms. The van der Waals surface area contributed by atoms with Gasteiger partial charge in [0.05, 0.1) is 0 Å². The van der Waals surface area contributed by atoms with E-state index in [1.807, 2.05) is 0 Å². The van der Waals surface area contributed by atoms with Crippen molar-refractivity contribution in [3.8, 4) is 0 Å². The van der Waals surface area contributed by atoms with Gasteiger partial charge in [0.1, 0.15) is 0 Å². The zero-order valence-corrected chi connectivity index (χ0v) is 9.65.